The van der Waals surface area contributed by atoms with Crippen molar-refractivity contribution in [1.82, 2.24) is 19.7 Å². The van der Waals surface area contributed by atoms with E-state index in [0.717, 1.165) is 11.1 Å². The van der Waals surface area contributed by atoms with Crippen molar-refractivity contribution in [2.24, 2.45) is 7.05 Å². The maximum atomic E-state index is 9.35. The number of aromatic nitrogens is 4. The van der Waals surface area contributed by atoms with Crippen molar-refractivity contribution in [2.75, 3.05) is 5.73 Å². The summed E-state index contributed by atoms with van der Waals surface area (Å²) in [6.45, 7) is 1.97. The number of hydrogen-bond acceptors (Lipinski definition) is 5. The van der Waals surface area contributed by atoms with Crippen LogP contribution in [0.3, 0.4) is 0 Å². The number of pyridine rings is 2. The Hall–Kier alpha value is -3.20. The number of hydrogen-bond donors (Lipinski definition) is 1. The van der Waals surface area contributed by atoms with Gasteiger partial charge in [-0.2, -0.15) is 10.4 Å². The molecule has 3 aromatic heterocycles. The maximum absolute atomic E-state index is 9.35. The molecule has 0 fully saturated rings. The van der Waals surface area contributed by atoms with Crippen LogP contribution in [0.1, 0.15) is 11.1 Å². The first kappa shape index (κ1) is 13.8. The second kappa shape index (κ2) is 5.30. The molecule has 0 atom stereocenters. The minimum Gasteiger partial charge on any atom is -0.383 e. The molecule has 0 aliphatic heterocycles. The Kier molecular flexibility index (Phi) is 3.31. The second-order valence-corrected chi connectivity index (χ2v) is 5.05. The van der Waals surface area contributed by atoms with Crippen LogP contribution >= 0.6 is 0 Å². The standard InChI is InChI=1S/C16H14N6/c1-10-3-4-14(19-7-10)15-5-12(11-8-20-22(2)9-11)13(6-17)16(18)21-15/h3-5,7-9H,1-2H3,(H2,18,21). The molecular weight excluding hydrogens is 276 g/mol. The van der Waals surface area contributed by atoms with Gasteiger partial charge in [0.1, 0.15) is 17.5 Å². The van der Waals surface area contributed by atoms with Gasteiger partial charge in [-0.1, -0.05) is 6.07 Å². The summed E-state index contributed by atoms with van der Waals surface area (Å²) in [5.41, 5.74) is 10.3. The first-order chi connectivity index (χ1) is 10.6. The quantitative estimate of drug-likeness (QED) is 0.781. The molecule has 3 rings (SSSR count). The SMILES string of the molecule is Cc1ccc(-c2cc(-c3cnn(C)c3)c(C#N)c(N)n2)nc1. The Morgan fingerprint density at radius 1 is 1.23 bits per heavy atom. The third-order valence-corrected chi connectivity index (χ3v) is 3.35. The molecule has 0 aliphatic rings. The Morgan fingerprint density at radius 3 is 2.64 bits per heavy atom. The monoisotopic (exact) mass is 290 g/mol. The fourth-order valence-corrected chi connectivity index (χ4v) is 2.22. The van der Waals surface area contributed by atoms with Crippen LogP contribution in [-0.4, -0.2) is 19.7 Å². The number of nitrogen functional groups attached to an aromatic ring is 1. The molecule has 0 spiro atoms. The number of aryl methyl sites for hydroxylation is 2. The predicted octanol–water partition coefficient (Wildman–Crippen LogP) is 2.31. The van der Waals surface area contributed by atoms with Crippen molar-refractivity contribution in [3.05, 3.63) is 47.9 Å². The third kappa shape index (κ3) is 2.40. The van der Waals surface area contributed by atoms with Crippen LogP contribution in [0.25, 0.3) is 22.5 Å². The van der Waals surface area contributed by atoms with Crippen molar-refractivity contribution in [3.8, 4) is 28.6 Å². The van der Waals surface area contributed by atoms with Gasteiger partial charge in [-0.05, 0) is 24.6 Å². The summed E-state index contributed by atoms with van der Waals surface area (Å²) in [5.74, 6) is 0.196. The third-order valence-electron chi connectivity index (χ3n) is 3.35. The van der Waals surface area contributed by atoms with Crippen LogP contribution in [0.5, 0.6) is 0 Å². The normalized spacial score (nSPS) is 10.4. The zero-order valence-corrected chi connectivity index (χ0v) is 12.3. The zero-order valence-electron chi connectivity index (χ0n) is 12.3. The largest absolute Gasteiger partial charge is 0.383 e. The van der Waals surface area contributed by atoms with Gasteiger partial charge in [-0.25, -0.2) is 4.98 Å². The molecule has 22 heavy (non-hydrogen) atoms. The Labute approximate surface area is 127 Å². The molecular formula is C16H14N6. The number of anilines is 1. The average Bonchev–Trinajstić information content (AvgIpc) is 2.93. The Balaban J connectivity index is 2.20. The van der Waals surface area contributed by atoms with Crippen LogP contribution in [0.2, 0.25) is 0 Å². The number of nitriles is 1. The molecule has 0 amide bonds. The summed E-state index contributed by atoms with van der Waals surface area (Å²) >= 11 is 0. The summed E-state index contributed by atoms with van der Waals surface area (Å²) in [5, 5.41) is 13.5. The molecule has 0 unspecified atom stereocenters. The van der Waals surface area contributed by atoms with Gasteiger partial charge in [0.25, 0.3) is 0 Å². The summed E-state index contributed by atoms with van der Waals surface area (Å²) in [4.78, 5) is 8.67. The molecule has 3 aromatic rings. The van der Waals surface area contributed by atoms with E-state index in [1.165, 1.54) is 0 Å². The maximum Gasteiger partial charge on any atom is 0.142 e. The number of nitrogens with two attached hydrogens (primary N) is 1. The van der Waals surface area contributed by atoms with Crippen LogP contribution in [-0.2, 0) is 7.05 Å². The van der Waals surface area contributed by atoms with Gasteiger partial charge >= 0.3 is 0 Å². The molecule has 0 aromatic carbocycles. The minimum absolute atomic E-state index is 0.196. The molecule has 0 saturated heterocycles. The summed E-state index contributed by atoms with van der Waals surface area (Å²) < 4.78 is 1.68. The first-order valence-corrected chi connectivity index (χ1v) is 6.71. The molecule has 108 valence electrons. The van der Waals surface area contributed by atoms with Crippen LogP contribution < -0.4 is 5.73 Å². The van der Waals surface area contributed by atoms with E-state index in [-0.39, 0.29) is 5.82 Å². The molecule has 6 heteroatoms. The van der Waals surface area contributed by atoms with Gasteiger partial charge in [0.05, 0.1) is 17.6 Å². The van der Waals surface area contributed by atoms with Crippen LogP contribution in [0.15, 0.2) is 36.8 Å². The lowest BCUT2D eigenvalue weighted by atomic mass is 10.0. The van der Waals surface area contributed by atoms with Crippen molar-refractivity contribution in [1.29, 1.82) is 5.26 Å². The smallest absolute Gasteiger partial charge is 0.142 e. The highest BCUT2D eigenvalue weighted by Crippen LogP contribution is 2.30. The van der Waals surface area contributed by atoms with Crippen LogP contribution in [0, 0.1) is 18.3 Å². The van der Waals surface area contributed by atoms with Crippen molar-refractivity contribution >= 4 is 5.82 Å². The highest BCUT2D eigenvalue weighted by Gasteiger charge is 2.15. The molecule has 6 nitrogen and oxygen atoms in total. The van der Waals surface area contributed by atoms with Crippen molar-refractivity contribution in [2.45, 2.75) is 6.92 Å². The molecule has 0 saturated carbocycles. The zero-order chi connectivity index (χ0) is 15.7. The summed E-state index contributed by atoms with van der Waals surface area (Å²) in [7, 11) is 1.82. The topological polar surface area (TPSA) is 93.4 Å². The van der Waals surface area contributed by atoms with Crippen molar-refractivity contribution in [3.63, 3.8) is 0 Å². The molecule has 0 bridgehead atoms. The molecule has 3 heterocycles. The Bertz CT molecular complexity index is 871. The van der Waals surface area contributed by atoms with E-state index in [1.807, 2.05) is 38.4 Å². The summed E-state index contributed by atoms with van der Waals surface area (Å²) in [6.07, 6.45) is 5.30. The first-order valence-electron chi connectivity index (χ1n) is 6.71. The molecule has 0 radical (unpaired) electrons. The van der Waals surface area contributed by atoms with Gasteiger partial charge in [0, 0.05) is 30.6 Å². The van der Waals surface area contributed by atoms with E-state index >= 15 is 0 Å². The summed E-state index contributed by atoms with van der Waals surface area (Å²) in [6, 6.07) is 7.78. The van der Waals surface area contributed by atoms with E-state index in [0.29, 0.717) is 22.5 Å². The predicted molar refractivity (Wildman–Crippen MR) is 83.5 cm³/mol. The average molecular weight is 290 g/mol. The van der Waals surface area contributed by atoms with Gasteiger partial charge in [-0.15, -0.1) is 0 Å². The Morgan fingerprint density at radius 2 is 2.05 bits per heavy atom. The van der Waals surface area contributed by atoms with E-state index in [2.05, 4.69) is 21.1 Å². The van der Waals surface area contributed by atoms with Gasteiger partial charge in [-0.3, -0.25) is 9.67 Å². The van der Waals surface area contributed by atoms with E-state index in [9.17, 15) is 5.26 Å². The van der Waals surface area contributed by atoms with E-state index < -0.39 is 0 Å². The van der Waals surface area contributed by atoms with Gasteiger partial charge in [0.15, 0.2) is 0 Å². The van der Waals surface area contributed by atoms with Crippen LogP contribution in [0.4, 0.5) is 5.82 Å². The molecule has 0 aliphatic carbocycles. The van der Waals surface area contributed by atoms with E-state index in [4.69, 9.17) is 5.73 Å². The van der Waals surface area contributed by atoms with Gasteiger partial charge < -0.3 is 5.73 Å². The van der Waals surface area contributed by atoms with Gasteiger partial charge in [0.2, 0.25) is 0 Å². The lowest BCUT2D eigenvalue weighted by Crippen LogP contribution is -2.00. The van der Waals surface area contributed by atoms with Crippen molar-refractivity contribution < 1.29 is 0 Å². The minimum atomic E-state index is 0.196. The number of nitrogens with zero attached hydrogens (tertiary/aromatic N) is 5. The highest BCUT2D eigenvalue weighted by molar-refractivity contribution is 5.78. The molecule has 2 N–H and O–H groups in total. The fourth-order valence-electron chi connectivity index (χ4n) is 2.22. The highest BCUT2D eigenvalue weighted by atomic mass is 15.2. The lowest BCUT2D eigenvalue weighted by Gasteiger charge is -2.08. The fraction of sp³-hybridized carbons (Fsp3) is 0.125. The lowest BCUT2D eigenvalue weighted by molar-refractivity contribution is 0.768. The van der Waals surface area contributed by atoms with E-state index in [1.54, 1.807) is 17.1 Å². The number of rotatable bonds is 2. The second-order valence-electron chi connectivity index (χ2n) is 5.05.